The number of aromatic nitrogens is 2. The first kappa shape index (κ1) is 14.3. The number of phenols is 1. The quantitative estimate of drug-likeness (QED) is 0.486. The average molecular weight is 316 g/mol. The third kappa shape index (κ3) is 1.94. The highest BCUT2D eigenvalue weighted by Gasteiger charge is 2.30. The molecule has 0 amide bonds. The number of carboxylic acids is 3. The van der Waals surface area contributed by atoms with E-state index in [1.165, 1.54) is 18.3 Å². The zero-order chi connectivity index (χ0) is 16.9. The number of aromatic hydroxyl groups is 1. The second-order valence-electron chi connectivity index (χ2n) is 4.68. The molecule has 0 aliphatic carbocycles. The van der Waals surface area contributed by atoms with E-state index in [2.05, 4.69) is 9.97 Å². The Hall–Kier alpha value is -3.62. The summed E-state index contributed by atoms with van der Waals surface area (Å²) in [6, 6.07) is 2.74. The molecule has 23 heavy (non-hydrogen) atoms. The first-order chi connectivity index (χ1) is 10.8. The van der Waals surface area contributed by atoms with Crippen LogP contribution in [-0.2, 0) is 0 Å². The lowest BCUT2D eigenvalue weighted by Gasteiger charge is -2.11. The molecule has 116 valence electrons. The molecule has 0 spiro atoms. The number of H-pyrrole nitrogens is 1. The SMILES string of the molecule is O=C(O)c1nc2c(c(O)cc3[nH]ccc32)c(C(=O)O)c1C(=O)O. The number of carboxylic acid groups (broad SMARTS) is 3. The van der Waals surface area contributed by atoms with Crippen LogP contribution in [0, 0.1) is 0 Å². The molecule has 2 aromatic heterocycles. The first-order valence-electron chi connectivity index (χ1n) is 6.19. The van der Waals surface area contributed by atoms with Crippen molar-refractivity contribution in [3.05, 3.63) is 35.2 Å². The molecule has 0 bridgehead atoms. The number of hydrogen-bond acceptors (Lipinski definition) is 5. The van der Waals surface area contributed by atoms with E-state index in [1.807, 2.05) is 0 Å². The number of phenolic OH excluding ortho intramolecular Hbond substituents is 1. The van der Waals surface area contributed by atoms with Crippen molar-refractivity contribution in [3.63, 3.8) is 0 Å². The topological polar surface area (TPSA) is 161 Å². The van der Waals surface area contributed by atoms with Crippen molar-refractivity contribution in [2.45, 2.75) is 0 Å². The Bertz CT molecular complexity index is 1020. The van der Waals surface area contributed by atoms with E-state index >= 15 is 0 Å². The summed E-state index contributed by atoms with van der Waals surface area (Å²) in [5, 5.41) is 37.9. The standard InChI is InChI=1S/C14H8N2O7/c17-6-3-5-4(1-2-15-5)10-7(6)8(12(18)19)9(13(20)21)11(16-10)14(22)23/h1-3,15,17H,(H,18,19)(H,20,21)(H,22,23). The largest absolute Gasteiger partial charge is 0.507 e. The predicted octanol–water partition coefficient (Wildman–Crippen LogP) is 1.52. The summed E-state index contributed by atoms with van der Waals surface area (Å²) in [6.07, 6.45) is 1.50. The molecule has 0 fully saturated rings. The minimum Gasteiger partial charge on any atom is -0.507 e. The molecular weight excluding hydrogens is 308 g/mol. The summed E-state index contributed by atoms with van der Waals surface area (Å²) in [4.78, 5) is 40.8. The molecule has 1 aromatic carbocycles. The van der Waals surface area contributed by atoms with Gasteiger partial charge in [0.05, 0.1) is 22.0 Å². The van der Waals surface area contributed by atoms with Gasteiger partial charge >= 0.3 is 17.9 Å². The van der Waals surface area contributed by atoms with E-state index < -0.39 is 40.5 Å². The molecule has 0 aliphatic rings. The third-order valence-electron chi connectivity index (χ3n) is 3.40. The predicted molar refractivity (Wildman–Crippen MR) is 76.1 cm³/mol. The summed E-state index contributed by atoms with van der Waals surface area (Å²) in [7, 11) is 0. The number of fused-ring (bicyclic) bond motifs is 3. The molecule has 0 atom stereocenters. The maximum Gasteiger partial charge on any atom is 0.355 e. The molecule has 0 saturated carbocycles. The molecule has 3 aromatic rings. The van der Waals surface area contributed by atoms with E-state index in [0.717, 1.165) is 0 Å². The molecular formula is C14H8N2O7. The minimum atomic E-state index is -1.76. The Labute approximate surface area is 126 Å². The monoisotopic (exact) mass is 316 g/mol. The molecule has 0 aliphatic heterocycles. The molecule has 0 saturated heterocycles. The zero-order valence-corrected chi connectivity index (χ0v) is 11.2. The van der Waals surface area contributed by atoms with Crippen molar-refractivity contribution in [3.8, 4) is 5.75 Å². The van der Waals surface area contributed by atoms with Crippen molar-refractivity contribution >= 4 is 39.7 Å². The van der Waals surface area contributed by atoms with Gasteiger partial charge in [0.1, 0.15) is 11.3 Å². The fourth-order valence-corrected chi connectivity index (χ4v) is 2.52. The second kappa shape index (κ2) is 4.70. The molecule has 9 heteroatoms. The van der Waals surface area contributed by atoms with Crippen LogP contribution in [0.1, 0.15) is 31.2 Å². The van der Waals surface area contributed by atoms with Crippen LogP contribution in [0.5, 0.6) is 5.75 Å². The van der Waals surface area contributed by atoms with Gasteiger partial charge in [-0.15, -0.1) is 0 Å². The lowest BCUT2D eigenvalue weighted by molar-refractivity contribution is 0.0631. The minimum absolute atomic E-state index is 0.110. The Kier molecular flexibility index (Phi) is 2.93. The average Bonchev–Trinajstić information content (AvgIpc) is 2.93. The van der Waals surface area contributed by atoms with Gasteiger partial charge in [0, 0.05) is 17.6 Å². The molecule has 3 rings (SSSR count). The lowest BCUT2D eigenvalue weighted by atomic mass is 9.98. The van der Waals surface area contributed by atoms with Crippen LogP contribution < -0.4 is 0 Å². The van der Waals surface area contributed by atoms with E-state index in [0.29, 0.717) is 10.9 Å². The normalized spacial score (nSPS) is 11.0. The van der Waals surface area contributed by atoms with Gasteiger partial charge in [0.2, 0.25) is 0 Å². The summed E-state index contributed by atoms with van der Waals surface area (Å²) < 4.78 is 0. The van der Waals surface area contributed by atoms with Crippen molar-refractivity contribution in [1.29, 1.82) is 0 Å². The lowest BCUT2D eigenvalue weighted by Crippen LogP contribution is -2.17. The number of rotatable bonds is 3. The number of aromatic carboxylic acids is 3. The third-order valence-corrected chi connectivity index (χ3v) is 3.40. The number of aromatic amines is 1. The van der Waals surface area contributed by atoms with E-state index in [-0.39, 0.29) is 10.9 Å². The first-order valence-corrected chi connectivity index (χ1v) is 6.19. The van der Waals surface area contributed by atoms with E-state index in [1.54, 1.807) is 0 Å². The Balaban J connectivity index is 2.69. The Morgan fingerprint density at radius 3 is 2.22 bits per heavy atom. The molecule has 2 heterocycles. The smallest absolute Gasteiger partial charge is 0.355 e. The summed E-state index contributed by atoms with van der Waals surface area (Å²) in [5.41, 5.74) is -2.42. The van der Waals surface area contributed by atoms with Crippen molar-refractivity contribution < 1.29 is 34.8 Å². The molecule has 5 N–H and O–H groups in total. The number of carbonyl (C=O) groups is 3. The highest BCUT2D eigenvalue weighted by atomic mass is 16.4. The van der Waals surface area contributed by atoms with Gasteiger partial charge in [0.25, 0.3) is 0 Å². The second-order valence-corrected chi connectivity index (χ2v) is 4.68. The van der Waals surface area contributed by atoms with Crippen molar-refractivity contribution in [2.75, 3.05) is 0 Å². The van der Waals surface area contributed by atoms with Gasteiger partial charge in [-0.25, -0.2) is 19.4 Å². The molecule has 0 radical (unpaired) electrons. The van der Waals surface area contributed by atoms with Crippen LogP contribution in [-0.4, -0.2) is 48.3 Å². The fraction of sp³-hybridized carbons (Fsp3) is 0. The number of nitrogens with zero attached hydrogens (tertiary/aromatic N) is 1. The Morgan fingerprint density at radius 2 is 1.65 bits per heavy atom. The Morgan fingerprint density at radius 1 is 1.00 bits per heavy atom. The number of hydrogen-bond donors (Lipinski definition) is 5. The van der Waals surface area contributed by atoms with Gasteiger partial charge in [0.15, 0.2) is 5.69 Å². The fourth-order valence-electron chi connectivity index (χ4n) is 2.52. The summed E-state index contributed by atoms with van der Waals surface area (Å²) in [5.74, 6) is -5.64. The summed E-state index contributed by atoms with van der Waals surface area (Å²) in [6.45, 7) is 0. The molecule has 0 unspecified atom stereocenters. The maximum atomic E-state index is 11.5. The highest BCUT2D eigenvalue weighted by molar-refractivity contribution is 6.20. The van der Waals surface area contributed by atoms with Gasteiger partial charge in [-0.3, -0.25) is 0 Å². The number of nitrogens with one attached hydrogen (secondary N) is 1. The highest BCUT2D eigenvalue weighted by Crippen LogP contribution is 2.36. The summed E-state index contributed by atoms with van der Waals surface area (Å²) >= 11 is 0. The van der Waals surface area contributed by atoms with Crippen molar-refractivity contribution in [1.82, 2.24) is 9.97 Å². The van der Waals surface area contributed by atoms with E-state index in [9.17, 15) is 34.8 Å². The van der Waals surface area contributed by atoms with Gasteiger partial charge in [-0.1, -0.05) is 0 Å². The number of pyridine rings is 1. The van der Waals surface area contributed by atoms with Gasteiger partial charge < -0.3 is 25.4 Å². The van der Waals surface area contributed by atoms with Crippen LogP contribution in [0.4, 0.5) is 0 Å². The maximum absolute atomic E-state index is 11.5. The number of benzene rings is 1. The van der Waals surface area contributed by atoms with Crippen LogP contribution in [0.15, 0.2) is 18.3 Å². The van der Waals surface area contributed by atoms with E-state index in [4.69, 9.17) is 0 Å². The van der Waals surface area contributed by atoms with Crippen LogP contribution in [0.2, 0.25) is 0 Å². The van der Waals surface area contributed by atoms with Gasteiger partial charge in [-0.2, -0.15) is 0 Å². The molecule has 9 nitrogen and oxygen atoms in total. The van der Waals surface area contributed by atoms with Crippen LogP contribution in [0.3, 0.4) is 0 Å². The van der Waals surface area contributed by atoms with Crippen LogP contribution in [0.25, 0.3) is 21.8 Å². The van der Waals surface area contributed by atoms with Crippen molar-refractivity contribution in [2.24, 2.45) is 0 Å². The van der Waals surface area contributed by atoms with Gasteiger partial charge in [-0.05, 0) is 6.07 Å². The van der Waals surface area contributed by atoms with Crippen LogP contribution >= 0.6 is 0 Å². The zero-order valence-electron chi connectivity index (χ0n) is 11.2.